The van der Waals surface area contributed by atoms with Crippen molar-refractivity contribution in [3.05, 3.63) is 42.4 Å². The third-order valence-corrected chi connectivity index (χ3v) is 2.54. The molecule has 2 aromatic heterocycles. The van der Waals surface area contributed by atoms with Gasteiger partial charge in [-0.2, -0.15) is 4.98 Å². The molecule has 2 N–H and O–H groups in total. The number of rotatable bonds is 4. The van der Waals surface area contributed by atoms with E-state index in [1.165, 1.54) is 5.56 Å². The van der Waals surface area contributed by atoms with Gasteiger partial charge in [-0.25, -0.2) is 4.98 Å². The summed E-state index contributed by atoms with van der Waals surface area (Å²) in [6.07, 6.45) is 6.22. The number of hydrogen-bond acceptors (Lipinski definition) is 5. The van der Waals surface area contributed by atoms with Gasteiger partial charge in [-0.3, -0.25) is 4.98 Å². The van der Waals surface area contributed by atoms with Gasteiger partial charge in [0.1, 0.15) is 5.82 Å². The Morgan fingerprint density at radius 3 is 2.65 bits per heavy atom. The molecule has 88 valence electrons. The molecule has 0 atom stereocenters. The summed E-state index contributed by atoms with van der Waals surface area (Å²) in [5.41, 5.74) is 6.80. The molecule has 0 aromatic carbocycles. The molecular formula is C12H15N5. The van der Waals surface area contributed by atoms with E-state index >= 15 is 0 Å². The fourth-order valence-corrected chi connectivity index (χ4v) is 1.54. The second-order valence-corrected chi connectivity index (χ2v) is 3.80. The van der Waals surface area contributed by atoms with Crippen LogP contribution in [0, 0.1) is 0 Å². The molecule has 0 aliphatic carbocycles. The normalized spacial score (nSPS) is 10.2. The first-order chi connectivity index (χ1) is 8.25. The van der Waals surface area contributed by atoms with Crippen molar-refractivity contribution in [2.45, 2.75) is 6.42 Å². The van der Waals surface area contributed by atoms with E-state index in [1.807, 2.05) is 25.2 Å². The molecule has 0 spiro atoms. The van der Waals surface area contributed by atoms with Crippen molar-refractivity contribution >= 4 is 11.8 Å². The van der Waals surface area contributed by atoms with Gasteiger partial charge in [-0.15, -0.1) is 0 Å². The van der Waals surface area contributed by atoms with E-state index in [0.29, 0.717) is 5.95 Å². The summed E-state index contributed by atoms with van der Waals surface area (Å²) in [6, 6.07) is 5.88. The predicted octanol–water partition coefficient (Wildman–Crippen LogP) is 1.13. The lowest BCUT2D eigenvalue weighted by molar-refractivity contribution is 0.856. The monoisotopic (exact) mass is 229 g/mol. The third-order valence-electron chi connectivity index (χ3n) is 2.54. The number of pyridine rings is 1. The Morgan fingerprint density at radius 2 is 1.94 bits per heavy atom. The SMILES string of the molecule is CN(CCc1ccncc1)c1ccnc(N)n1. The van der Waals surface area contributed by atoms with Crippen molar-refractivity contribution in [3.8, 4) is 0 Å². The van der Waals surface area contributed by atoms with Crippen LogP contribution in [0.3, 0.4) is 0 Å². The van der Waals surface area contributed by atoms with E-state index in [0.717, 1.165) is 18.8 Å². The van der Waals surface area contributed by atoms with Crippen molar-refractivity contribution in [2.75, 3.05) is 24.2 Å². The van der Waals surface area contributed by atoms with Crippen LogP contribution in [0.25, 0.3) is 0 Å². The molecule has 5 nitrogen and oxygen atoms in total. The van der Waals surface area contributed by atoms with Gasteiger partial charge in [-0.1, -0.05) is 0 Å². The second kappa shape index (κ2) is 5.25. The predicted molar refractivity (Wildman–Crippen MR) is 67.7 cm³/mol. The summed E-state index contributed by atoms with van der Waals surface area (Å²) in [4.78, 5) is 14.1. The number of hydrogen-bond donors (Lipinski definition) is 1. The molecule has 0 saturated heterocycles. The van der Waals surface area contributed by atoms with Gasteiger partial charge in [0.15, 0.2) is 0 Å². The lowest BCUT2D eigenvalue weighted by Gasteiger charge is -2.17. The molecule has 2 rings (SSSR count). The summed E-state index contributed by atoms with van der Waals surface area (Å²) in [7, 11) is 1.99. The van der Waals surface area contributed by atoms with Gasteiger partial charge in [0.25, 0.3) is 0 Å². The van der Waals surface area contributed by atoms with Crippen LogP contribution in [-0.4, -0.2) is 28.5 Å². The average Bonchev–Trinajstić information content (AvgIpc) is 2.37. The van der Waals surface area contributed by atoms with Crippen molar-refractivity contribution in [1.82, 2.24) is 15.0 Å². The van der Waals surface area contributed by atoms with Crippen LogP contribution < -0.4 is 10.6 Å². The summed E-state index contributed by atoms with van der Waals surface area (Å²) >= 11 is 0. The Hall–Kier alpha value is -2.17. The molecular weight excluding hydrogens is 214 g/mol. The topological polar surface area (TPSA) is 67.9 Å². The largest absolute Gasteiger partial charge is 0.368 e. The smallest absolute Gasteiger partial charge is 0.221 e. The number of nitrogens with zero attached hydrogens (tertiary/aromatic N) is 4. The Labute approximate surface area is 100 Å². The maximum atomic E-state index is 5.55. The number of likely N-dealkylation sites (N-methyl/N-ethyl adjacent to an activating group) is 1. The summed E-state index contributed by atoms with van der Waals surface area (Å²) < 4.78 is 0. The van der Waals surface area contributed by atoms with E-state index in [1.54, 1.807) is 18.6 Å². The van der Waals surface area contributed by atoms with E-state index in [4.69, 9.17) is 5.73 Å². The molecule has 0 radical (unpaired) electrons. The Bertz CT molecular complexity index is 471. The highest BCUT2D eigenvalue weighted by Gasteiger charge is 2.03. The Balaban J connectivity index is 1.96. The molecule has 2 heterocycles. The number of anilines is 2. The van der Waals surface area contributed by atoms with Crippen molar-refractivity contribution in [1.29, 1.82) is 0 Å². The first-order valence-corrected chi connectivity index (χ1v) is 5.44. The van der Waals surface area contributed by atoms with Crippen LogP contribution in [0.2, 0.25) is 0 Å². The van der Waals surface area contributed by atoms with E-state index in [2.05, 4.69) is 19.9 Å². The highest BCUT2D eigenvalue weighted by Crippen LogP contribution is 2.09. The van der Waals surface area contributed by atoms with Gasteiger partial charge >= 0.3 is 0 Å². The molecule has 0 aliphatic heterocycles. The highest BCUT2D eigenvalue weighted by atomic mass is 15.2. The van der Waals surface area contributed by atoms with Gasteiger partial charge in [0, 0.05) is 32.2 Å². The average molecular weight is 229 g/mol. The standard InChI is InChI=1S/C12H15N5/c1-17(11-4-8-15-12(13)16-11)9-5-10-2-6-14-7-3-10/h2-4,6-8H,5,9H2,1H3,(H2,13,15,16). The van der Waals surface area contributed by atoms with Crippen LogP contribution in [0.15, 0.2) is 36.8 Å². The van der Waals surface area contributed by atoms with Gasteiger partial charge in [0.2, 0.25) is 5.95 Å². The number of aromatic nitrogens is 3. The molecule has 0 amide bonds. The van der Waals surface area contributed by atoms with Crippen molar-refractivity contribution in [2.24, 2.45) is 0 Å². The Kier molecular flexibility index (Phi) is 3.49. The van der Waals surface area contributed by atoms with E-state index < -0.39 is 0 Å². The zero-order valence-corrected chi connectivity index (χ0v) is 9.74. The third kappa shape index (κ3) is 3.14. The van der Waals surface area contributed by atoms with Gasteiger partial charge in [-0.05, 0) is 30.2 Å². The molecule has 0 unspecified atom stereocenters. The van der Waals surface area contributed by atoms with Gasteiger partial charge in [0.05, 0.1) is 0 Å². The lowest BCUT2D eigenvalue weighted by atomic mass is 10.2. The van der Waals surface area contributed by atoms with E-state index in [9.17, 15) is 0 Å². The van der Waals surface area contributed by atoms with Gasteiger partial charge < -0.3 is 10.6 Å². The van der Waals surface area contributed by atoms with Crippen LogP contribution in [0.5, 0.6) is 0 Å². The van der Waals surface area contributed by atoms with Crippen LogP contribution in [0.1, 0.15) is 5.56 Å². The zero-order valence-electron chi connectivity index (χ0n) is 9.74. The Morgan fingerprint density at radius 1 is 1.18 bits per heavy atom. The maximum absolute atomic E-state index is 5.55. The van der Waals surface area contributed by atoms with Crippen molar-refractivity contribution in [3.63, 3.8) is 0 Å². The minimum Gasteiger partial charge on any atom is -0.368 e. The van der Waals surface area contributed by atoms with Crippen LogP contribution in [-0.2, 0) is 6.42 Å². The molecule has 0 saturated carbocycles. The maximum Gasteiger partial charge on any atom is 0.221 e. The van der Waals surface area contributed by atoms with Crippen molar-refractivity contribution < 1.29 is 0 Å². The fraction of sp³-hybridized carbons (Fsp3) is 0.250. The number of nitrogens with two attached hydrogens (primary N) is 1. The van der Waals surface area contributed by atoms with Crippen LogP contribution in [0.4, 0.5) is 11.8 Å². The zero-order chi connectivity index (χ0) is 12.1. The quantitative estimate of drug-likeness (QED) is 0.851. The molecule has 0 bridgehead atoms. The second-order valence-electron chi connectivity index (χ2n) is 3.80. The molecule has 5 heteroatoms. The summed E-state index contributed by atoms with van der Waals surface area (Å²) in [5, 5.41) is 0. The molecule has 17 heavy (non-hydrogen) atoms. The molecule has 2 aromatic rings. The lowest BCUT2D eigenvalue weighted by Crippen LogP contribution is -2.21. The molecule has 0 fully saturated rings. The van der Waals surface area contributed by atoms with Crippen LogP contribution >= 0.6 is 0 Å². The first-order valence-electron chi connectivity index (χ1n) is 5.44. The minimum atomic E-state index is 0.304. The first kappa shape index (κ1) is 11.3. The highest BCUT2D eigenvalue weighted by molar-refractivity contribution is 5.40. The molecule has 0 aliphatic rings. The minimum absolute atomic E-state index is 0.304. The van der Waals surface area contributed by atoms with E-state index in [-0.39, 0.29) is 0 Å². The fourth-order valence-electron chi connectivity index (χ4n) is 1.54. The summed E-state index contributed by atoms with van der Waals surface area (Å²) in [6.45, 7) is 0.875. The summed E-state index contributed by atoms with van der Waals surface area (Å²) in [5.74, 6) is 1.14. The number of nitrogen functional groups attached to an aromatic ring is 1.